The van der Waals surface area contributed by atoms with E-state index in [2.05, 4.69) is 76.8 Å². The molecule has 0 fully saturated rings. The van der Waals surface area contributed by atoms with Crippen LogP contribution in [0.15, 0.2) is 48.5 Å². The minimum absolute atomic E-state index is 0.0967. The second-order valence-electron chi connectivity index (χ2n) is 8.78. The Morgan fingerprint density at radius 2 is 1.77 bits per heavy atom. The van der Waals surface area contributed by atoms with Crippen molar-refractivity contribution in [1.29, 1.82) is 0 Å². The van der Waals surface area contributed by atoms with E-state index in [-0.39, 0.29) is 17.5 Å². The third kappa shape index (κ3) is 3.98. The lowest BCUT2D eigenvalue weighted by Gasteiger charge is -2.37. The van der Waals surface area contributed by atoms with E-state index in [0.717, 1.165) is 36.6 Å². The molecule has 0 saturated carbocycles. The number of nitrogens with zero attached hydrogens (tertiary/aromatic N) is 5. The number of nitrogens with one attached hydrogen (secondary N) is 1. The van der Waals surface area contributed by atoms with Gasteiger partial charge < -0.3 is 5.32 Å². The molecule has 3 aromatic rings. The molecule has 2 aromatic carbocycles. The van der Waals surface area contributed by atoms with Crippen molar-refractivity contribution in [3.63, 3.8) is 0 Å². The summed E-state index contributed by atoms with van der Waals surface area (Å²) < 4.78 is 1.89. The van der Waals surface area contributed by atoms with Gasteiger partial charge in [-0.25, -0.2) is 4.68 Å². The van der Waals surface area contributed by atoms with Crippen LogP contribution < -0.4 is 5.32 Å². The average molecular weight is 405 g/mol. The van der Waals surface area contributed by atoms with Crippen molar-refractivity contribution in [2.75, 3.05) is 11.9 Å². The Hall–Kier alpha value is -3.06. The van der Waals surface area contributed by atoms with Crippen molar-refractivity contribution in [2.24, 2.45) is 0 Å². The minimum Gasteiger partial charge on any atom is -0.326 e. The topological polar surface area (TPSA) is 75.9 Å². The van der Waals surface area contributed by atoms with Crippen LogP contribution in [0.1, 0.15) is 56.3 Å². The molecule has 1 amide bonds. The first-order valence-electron chi connectivity index (χ1n) is 10.3. The van der Waals surface area contributed by atoms with Crippen LogP contribution in [0.2, 0.25) is 0 Å². The van der Waals surface area contributed by atoms with Crippen LogP contribution in [0.25, 0.3) is 0 Å². The third-order valence-electron chi connectivity index (χ3n) is 5.47. The number of hydrogen-bond donors (Lipinski definition) is 1. The molecule has 2 heterocycles. The van der Waals surface area contributed by atoms with E-state index in [1.807, 2.05) is 22.9 Å². The maximum Gasteiger partial charge on any atom is 0.221 e. The molecule has 4 rings (SSSR count). The molecule has 7 nitrogen and oxygen atoms in total. The van der Waals surface area contributed by atoms with E-state index in [4.69, 9.17) is 0 Å². The molecular weight excluding hydrogens is 376 g/mol. The van der Waals surface area contributed by atoms with Gasteiger partial charge in [0, 0.05) is 31.3 Å². The van der Waals surface area contributed by atoms with Gasteiger partial charge in [-0.2, -0.15) is 0 Å². The zero-order valence-corrected chi connectivity index (χ0v) is 18.0. The number of para-hydroxylation sites is 1. The van der Waals surface area contributed by atoms with E-state index >= 15 is 0 Å². The van der Waals surface area contributed by atoms with Crippen molar-refractivity contribution in [3.05, 3.63) is 71.0 Å². The minimum atomic E-state index is -0.270. The summed E-state index contributed by atoms with van der Waals surface area (Å²) in [5, 5.41) is 15.8. The Labute approximate surface area is 177 Å². The molecule has 1 N–H and O–H groups in total. The molecule has 156 valence electrons. The van der Waals surface area contributed by atoms with Gasteiger partial charge in [0.15, 0.2) is 5.82 Å². The van der Waals surface area contributed by atoms with E-state index < -0.39 is 0 Å². The molecule has 0 aliphatic carbocycles. The van der Waals surface area contributed by atoms with Gasteiger partial charge in [-0.05, 0) is 54.8 Å². The Bertz CT molecular complexity index is 1050. The Kier molecular flexibility index (Phi) is 5.39. The molecule has 1 aliphatic heterocycles. The fourth-order valence-corrected chi connectivity index (χ4v) is 4.12. The molecule has 0 bridgehead atoms. The van der Waals surface area contributed by atoms with Crippen LogP contribution in [0.5, 0.6) is 0 Å². The summed E-state index contributed by atoms with van der Waals surface area (Å²) in [7, 11) is 0. The Morgan fingerprint density at radius 1 is 1.07 bits per heavy atom. The lowest BCUT2D eigenvalue weighted by atomic mass is 9.94. The number of carbonyl (C=O) groups excluding carboxylic acids is 1. The smallest absolute Gasteiger partial charge is 0.221 e. The zero-order chi connectivity index (χ0) is 21.3. The number of rotatable bonds is 4. The van der Waals surface area contributed by atoms with Crippen molar-refractivity contribution in [1.82, 2.24) is 25.1 Å². The summed E-state index contributed by atoms with van der Waals surface area (Å²) in [6.45, 7) is 9.49. The van der Waals surface area contributed by atoms with Crippen LogP contribution in [0.3, 0.4) is 0 Å². The van der Waals surface area contributed by atoms with Crippen LogP contribution >= 0.6 is 0 Å². The normalized spacial score (nSPS) is 15.5. The predicted octanol–water partition coefficient (Wildman–Crippen LogP) is 3.53. The van der Waals surface area contributed by atoms with Gasteiger partial charge in [0.25, 0.3) is 0 Å². The maximum atomic E-state index is 11.9. The van der Waals surface area contributed by atoms with Gasteiger partial charge in [0.1, 0.15) is 0 Å². The van der Waals surface area contributed by atoms with Gasteiger partial charge in [0.05, 0.1) is 11.6 Å². The highest BCUT2D eigenvalue weighted by Crippen LogP contribution is 2.36. The van der Waals surface area contributed by atoms with E-state index in [0.29, 0.717) is 0 Å². The monoisotopic (exact) mass is 404 g/mol. The van der Waals surface area contributed by atoms with Crippen molar-refractivity contribution < 1.29 is 4.79 Å². The number of anilines is 1. The van der Waals surface area contributed by atoms with Crippen molar-refractivity contribution in [3.8, 4) is 0 Å². The van der Waals surface area contributed by atoms with Gasteiger partial charge in [0.2, 0.25) is 5.91 Å². The van der Waals surface area contributed by atoms with Crippen LogP contribution in [0, 0.1) is 0 Å². The molecule has 0 saturated heterocycles. The summed E-state index contributed by atoms with van der Waals surface area (Å²) in [6.07, 6.45) is 0.964. The van der Waals surface area contributed by atoms with Gasteiger partial charge in [-0.1, -0.05) is 42.5 Å². The van der Waals surface area contributed by atoms with Crippen LogP contribution in [-0.4, -0.2) is 37.6 Å². The lowest BCUT2D eigenvalue weighted by molar-refractivity contribution is -0.114. The van der Waals surface area contributed by atoms with Crippen molar-refractivity contribution in [2.45, 2.75) is 52.2 Å². The quantitative estimate of drug-likeness (QED) is 0.720. The number of aromatic nitrogens is 4. The van der Waals surface area contributed by atoms with E-state index in [1.165, 1.54) is 18.1 Å². The number of tetrazole rings is 1. The van der Waals surface area contributed by atoms with E-state index in [1.54, 1.807) is 0 Å². The zero-order valence-electron chi connectivity index (χ0n) is 18.0. The molecular formula is C23H28N6O. The second-order valence-corrected chi connectivity index (χ2v) is 8.78. The first-order chi connectivity index (χ1) is 14.3. The standard InChI is InChI=1S/C23H28N6O/c1-16(30)24-20-12-8-7-11-19(20)21(22-25-26-27-29(22)23(2,3)4)28-14-13-17-9-5-6-10-18(17)15-28/h5-12,21H,13-15H2,1-4H3,(H,24,30). The summed E-state index contributed by atoms with van der Waals surface area (Å²) in [5.41, 5.74) is 4.22. The number of benzene rings is 2. The fraction of sp³-hybridized carbons (Fsp3) is 0.391. The summed E-state index contributed by atoms with van der Waals surface area (Å²) >= 11 is 0. The maximum absolute atomic E-state index is 11.9. The van der Waals surface area contributed by atoms with Crippen molar-refractivity contribution >= 4 is 11.6 Å². The number of fused-ring (bicyclic) bond motifs is 1. The molecule has 30 heavy (non-hydrogen) atoms. The fourth-order valence-electron chi connectivity index (χ4n) is 4.12. The summed E-state index contributed by atoms with van der Waals surface area (Å²) in [6, 6.07) is 16.3. The van der Waals surface area contributed by atoms with E-state index in [9.17, 15) is 4.79 Å². The summed E-state index contributed by atoms with van der Waals surface area (Å²) in [4.78, 5) is 14.3. The Morgan fingerprint density at radius 3 is 2.50 bits per heavy atom. The van der Waals surface area contributed by atoms with Crippen LogP contribution in [-0.2, 0) is 23.3 Å². The third-order valence-corrected chi connectivity index (χ3v) is 5.47. The number of carbonyl (C=O) groups is 1. The van der Waals surface area contributed by atoms with Crippen LogP contribution in [0.4, 0.5) is 5.69 Å². The average Bonchev–Trinajstić information content (AvgIpc) is 3.19. The molecule has 0 spiro atoms. The molecule has 1 aromatic heterocycles. The highest BCUT2D eigenvalue weighted by atomic mass is 16.1. The van der Waals surface area contributed by atoms with Gasteiger partial charge in [-0.15, -0.1) is 5.10 Å². The predicted molar refractivity (Wildman–Crippen MR) is 116 cm³/mol. The van der Waals surface area contributed by atoms with Gasteiger partial charge in [-0.3, -0.25) is 9.69 Å². The number of hydrogen-bond acceptors (Lipinski definition) is 5. The summed E-state index contributed by atoms with van der Waals surface area (Å²) in [5.74, 6) is 0.681. The first kappa shape index (κ1) is 20.2. The van der Waals surface area contributed by atoms with Gasteiger partial charge >= 0.3 is 0 Å². The highest BCUT2D eigenvalue weighted by molar-refractivity contribution is 5.89. The second kappa shape index (κ2) is 7.99. The first-order valence-corrected chi connectivity index (χ1v) is 10.3. The highest BCUT2D eigenvalue weighted by Gasteiger charge is 2.34. The Balaban J connectivity index is 1.84. The number of amides is 1. The molecule has 7 heteroatoms. The lowest BCUT2D eigenvalue weighted by Crippen LogP contribution is -2.38. The molecule has 1 aliphatic rings. The SMILES string of the molecule is CC(=O)Nc1ccccc1C(c1nnnn1C(C)(C)C)N1CCc2ccccc2C1. The molecule has 1 atom stereocenters. The molecule has 0 radical (unpaired) electrons. The largest absolute Gasteiger partial charge is 0.326 e. The molecule has 1 unspecified atom stereocenters.